The molecule has 0 saturated heterocycles. The Morgan fingerprint density at radius 2 is 1.83 bits per heavy atom. The molecule has 102 valence electrons. The summed E-state index contributed by atoms with van der Waals surface area (Å²) in [6.07, 6.45) is -3.10. The fourth-order valence-corrected chi connectivity index (χ4v) is 1.22. The first-order chi connectivity index (χ1) is 8.29. The maximum Gasteiger partial charge on any atom is 0.490 e. The van der Waals surface area contributed by atoms with Crippen molar-refractivity contribution >= 4 is 17.6 Å². The number of aliphatic carboxylic acids is 1. The Morgan fingerprint density at radius 3 is 2.22 bits per heavy atom. The number of hydrogen-bond donors (Lipinski definition) is 2. The highest BCUT2D eigenvalue weighted by molar-refractivity contribution is 6.31. The normalized spacial score (nSPS) is 10.5. The van der Waals surface area contributed by atoms with E-state index in [0.717, 1.165) is 24.4 Å². The van der Waals surface area contributed by atoms with Crippen LogP contribution >= 0.6 is 11.6 Å². The summed E-state index contributed by atoms with van der Waals surface area (Å²) in [5.41, 5.74) is 6.58. The van der Waals surface area contributed by atoms with E-state index >= 15 is 0 Å². The number of rotatable bonds is 3. The van der Waals surface area contributed by atoms with E-state index in [9.17, 15) is 13.2 Å². The molecule has 0 aliphatic rings. The third-order valence-corrected chi connectivity index (χ3v) is 2.22. The first-order valence-corrected chi connectivity index (χ1v) is 5.40. The number of halogens is 4. The summed E-state index contributed by atoms with van der Waals surface area (Å²) in [5, 5.41) is 7.97. The van der Waals surface area contributed by atoms with Gasteiger partial charge in [-0.15, -0.1) is 0 Å². The Bertz CT molecular complexity index is 383. The molecule has 1 aromatic carbocycles. The molecule has 3 nitrogen and oxygen atoms in total. The number of carboxylic acids is 1. The van der Waals surface area contributed by atoms with Gasteiger partial charge < -0.3 is 10.8 Å². The third kappa shape index (κ3) is 7.13. The van der Waals surface area contributed by atoms with Crippen LogP contribution in [0.5, 0.6) is 0 Å². The van der Waals surface area contributed by atoms with Crippen molar-refractivity contribution < 1.29 is 23.1 Å². The summed E-state index contributed by atoms with van der Waals surface area (Å²) >= 11 is 5.92. The Hall–Kier alpha value is -1.27. The molecule has 0 heterocycles. The van der Waals surface area contributed by atoms with Crippen LogP contribution in [0, 0.1) is 0 Å². The van der Waals surface area contributed by atoms with E-state index in [1.807, 2.05) is 24.3 Å². The smallest absolute Gasteiger partial charge is 0.475 e. The summed E-state index contributed by atoms with van der Waals surface area (Å²) in [4.78, 5) is 8.90. The average molecular weight is 284 g/mol. The number of aryl methyl sites for hydroxylation is 1. The zero-order chi connectivity index (χ0) is 14.2. The van der Waals surface area contributed by atoms with Gasteiger partial charge in [0.1, 0.15) is 0 Å². The molecule has 18 heavy (non-hydrogen) atoms. The average Bonchev–Trinajstić information content (AvgIpc) is 2.27. The highest BCUT2D eigenvalue weighted by atomic mass is 35.5. The number of carboxylic acid groups (broad SMARTS) is 1. The molecule has 0 aromatic heterocycles. The number of carbonyl (C=O) groups is 1. The van der Waals surface area contributed by atoms with Crippen LogP contribution in [0.2, 0.25) is 5.02 Å². The lowest BCUT2D eigenvalue weighted by Gasteiger charge is -2.00. The molecule has 7 heteroatoms. The topological polar surface area (TPSA) is 63.3 Å². The molecule has 0 radical (unpaired) electrons. The van der Waals surface area contributed by atoms with Gasteiger partial charge in [-0.05, 0) is 31.0 Å². The second kappa shape index (κ2) is 7.94. The summed E-state index contributed by atoms with van der Waals surface area (Å²) in [7, 11) is 0. The SMILES string of the molecule is NCCCc1ccccc1Cl.O=C(O)C(F)(F)F. The van der Waals surface area contributed by atoms with E-state index < -0.39 is 12.1 Å². The van der Waals surface area contributed by atoms with Crippen molar-refractivity contribution in [3.8, 4) is 0 Å². The molecule has 0 saturated carbocycles. The number of benzene rings is 1. The molecule has 1 rings (SSSR count). The van der Waals surface area contributed by atoms with Gasteiger partial charge in [0, 0.05) is 5.02 Å². The van der Waals surface area contributed by atoms with Crippen molar-refractivity contribution in [2.75, 3.05) is 6.54 Å². The third-order valence-electron chi connectivity index (χ3n) is 1.85. The first kappa shape index (κ1) is 16.7. The van der Waals surface area contributed by atoms with Crippen molar-refractivity contribution in [1.29, 1.82) is 0 Å². The summed E-state index contributed by atoms with van der Waals surface area (Å²) in [5.74, 6) is -2.76. The Morgan fingerprint density at radius 1 is 1.33 bits per heavy atom. The Labute approximate surface area is 107 Å². The molecule has 0 amide bonds. The predicted octanol–water partition coefficient (Wildman–Crippen LogP) is 2.86. The predicted molar refractivity (Wildman–Crippen MR) is 62.5 cm³/mol. The zero-order valence-electron chi connectivity index (χ0n) is 9.38. The fourth-order valence-electron chi connectivity index (χ4n) is 0.994. The standard InChI is InChI=1S/C9H12ClN.C2HF3O2/c10-9-6-2-1-4-8(9)5-3-7-11;3-2(4,5)1(6)7/h1-2,4,6H,3,5,7,11H2;(H,6,7). The van der Waals surface area contributed by atoms with Gasteiger partial charge in [0.2, 0.25) is 0 Å². The number of alkyl halides is 3. The lowest BCUT2D eigenvalue weighted by atomic mass is 10.1. The molecule has 0 unspecified atom stereocenters. The minimum absolute atomic E-state index is 0.727. The zero-order valence-corrected chi connectivity index (χ0v) is 10.1. The lowest BCUT2D eigenvalue weighted by molar-refractivity contribution is -0.192. The maximum absolute atomic E-state index is 10.6. The second-order valence-corrected chi connectivity index (χ2v) is 3.69. The van der Waals surface area contributed by atoms with Crippen molar-refractivity contribution in [3.63, 3.8) is 0 Å². The van der Waals surface area contributed by atoms with E-state index in [1.165, 1.54) is 5.56 Å². The minimum Gasteiger partial charge on any atom is -0.475 e. The molecular formula is C11H13ClF3NO2. The van der Waals surface area contributed by atoms with Gasteiger partial charge in [-0.3, -0.25) is 0 Å². The van der Waals surface area contributed by atoms with Crippen molar-refractivity contribution in [3.05, 3.63) is 34.9 Å². The van der Waals surface area contributed by atoms with E-state index in [1.54, 1.807) is 0 Å². The van der Waals surface area contributed by atoms with Crippen molar-refractivity contribution in [2.24, 2.45) is 5.73 Å². The summed E-state index contributed by atoms with van der Waals surface area (Å²) in [6, 6.07) is 7.89. The van der Waals surface area contributed by atoms with Gasteiger partial charge in [-0.1, -0.05) is 29.8 Å². The van der Waals surface area contributed by atoms with E-state index in [2.05, 4.69) is 0 Å². The molecule has 0 aliphatic heterocycles. The van der Waals surface area contributed by atoms with E-state index in [4.69, 9.17) is 27.2 Å². The first-order valence-electron chi connectivity index (χ1n) is 5.02. The van der Waals surface area contributed by atoms with Gasteiger partial charge in [-0.25, -0.2) is 4.79 Å². The Balaban J connectivity index is 0.000000360. The highest BCUT2D eigenvalue weighted by Gasteiger charge is 2.38. The largest absolute Gasteiger partial charge is 0.490 e. The monoisotopic (exact) mass is 283 g/mol. The Kier molecular flexibility index (Phi) is 7.38. The van der Waals surface area contributed by atoms with Gasteiger partial charge in [0.05, 0.1) is 0 Å². The summed E-state index contributed by atoms with van der Waals surface area (Å²) in [6.45, 7) is 0.727. The molecular weight excluding hydrogens is 271 g/mol. The molecule has 0 bridgehead atoms. The van der Waals surface area contributed by atoms with Gasteiger partial charge >= 0.3 is 12.1 Å². The van der Waals surface area contributed by atoms with Crippen LogP contribution < -0.4 is 5.73 Å². The summed E-state index contributed by atoms with van der Waals surface area (Å²) < 4.78 is 31.7. The van der Waals surface area contributed by atoms with Crippen LogP contribution in [-0.2, 0) is 11.2 Å². The minimum atomic E-state index is -5.08. The van der Waals surface area contributed by atoms with Gasteiger partial charge in [0.25, 0.3) is 0 Å². The molecule has 3 N–H and O–H groups in total. The van der Waals surface area contributed by atoms with Crippen LogP contribution in [0.1, 0.15) is 12.0 Å². The molecule has 0 spiro atoms. The molecule has 1 aromatic rings. The number of nitrogens with two attached hydrogens (primary N) is 1. The van der Waals surface area contributed by atoms with Gasteiger partial charge in [-0.2, -0.15) is 13.2 Å². The van der Waals surface area contributed by atoms with Crippen molar-refractivity contribution in [2.45, 2.75) is 19.0 Å². The van der Waals surface area contributed by atoms with Gasteiger partial charge in [0.15, 0.2) is 0 Å². The van der Waals surface area contributed by atoms with Crippen LogP contribution in [0.15, 0.2) is 24.3 Å². The van der Waals surface area contributed by atoms with Crippen LogP contribution in [0.4, 0.5) is 13.2 Å². The van der Waals surface area contributed by atoms with Crippen LogP contribution in [0.25, 0.3) is 0 Å². The van der Waals surface area contributed by atoms with Crippen LogP contribution in [-0.4, -0.2) is 23.8 Å². The molecule has 0 aliphatic carbocycles. The number of hydrogen-bond acceptors (Lipinski definition) is 2. The fraction of sp³-hybridized carbons (Fsp3) is 0.364. The molecule has 0 atom stereocenters. The lowest BCUT2D eigenvalue weighted by Crippen LogP contribution is -2.21. The van der Waals surface area contributed by atoms with Crippen LogP contribution in [0.3, 0.4) is 0 Å². The van der Waals surface area contributed by atoms with E-state index in [0.29, 0.717) is 0 Å². The highest BCUT2D eigenvalue weighted by Crippen LogP contribution is 2.15. The maximum atomic E-state index is 10.6. The quantitative estimate of drug-likeness (QED) is 0.896. The van der Waals surface area contributed by atoms with Crippen molar-refractivity contribution in [1.82, 2.24) is 0 Å². The molecule has 0 fully saturated rings. The second-order valence-electron chi connectivity index (χ2n) is 3.29. The van der Waals surface area contributed by atoms with E-state index in [-0.39, 0.29) is 0 Å².